The van der Waals surface area contributed by atoms with E-state index in [-0.39, 0.29) is 40.4 Å². The molecule has 2 aliphatic rings. The maximum Gasteiger partial charge on any atom is 0.255 e. The van der Waals surface area contributed by atoms with Gasteiger partial charge in [-0.05, 0) is 85.5 Å². The van der Waals surface area contributed by atoms with Crippen LogP contribution in [0.5, 0.6) is 0 Å². The van der Waals surface area contributed by atoms with E-state index in [4.69, 9.17) is 11.6 Å². The summed E-state index contributed by atoms with van der Waals surface area (Å²) in [6, 6.07) is 10.2. The maximum atomic E-state index is 13.8. The molecule has 4 unspecified atom stereocenters. The van der Waals surface area contributed by atoms with E-state index in [9.17, 15) is 32.2 Å². The van der Waals surface area contributed by atoms with Crippen molar-refractivity contribution >= 4 is 33.0 Å². The van der Waals surface area contributed by atoms with E-state index in [1.165, 1.54) is 24.3 Å². The highest BCUT2D eigenvalue weighted by Gasteiger charge is 2.58. The van der Waals surface area contributed by atoms with Crippen LogP contribution in [0.15, 0.2) is 65.8 Å². The van der Waals surface area contributed by atoms with Gasteiger partial charge in [0.2, 0.25) is 0 Å². The molecule has 1 amide bonds. The number of benzene rings is 2. The number of aliphatic hydroxyl groups excluding tert-OH is 1. The molecule has 0 saturated heterocycles. The lowest BCUT2D eigenvalue weighted by atomic mass is 9.70. The Balaban J connectivity index is 1.35. The van der Waals surface area contributed by atoms with Gasteiger partial charge in [-0.25, -0.2) is 17.2 Å². The lowest BCUT2D eigenvalue weighted by Gasteiger charge is -2.45. The van der Waals surface area contributed by atoms with Gasteiger partial charge in [0, 0.05) is 36.1 Å². The molecule has 1 heterocycles. The molecule has 2 aliphatic carbocycles. The van der Waals surface area contributed by atoms with Crippen molar-refractivity contribution in [3.8, 4) is 0 Å². The summed E-state index contributed by atoms with van der Waals surface area (Å²) in [5, 5.41) is 24.2. The van der Waals surface area contributed by atoms with E-state index in [0.29, 0.717) is 12.8 Å². The number of nitrogens with zero attached hydrogens (tertiary/aromatic N) is 1. The number of halogens is 3. The molecule has 0 radical (unpaired) electrons. The number of rotatable bonds is 7. The SMILES string of the molecule is O=C(Nc1ccc(F)c(F)c1)c1ccc(Cl)c(S(=O)(=O)C2CC3CC[C@@H](C2)C3(O)C(O)Cc2ccncc2)c1. The molecule has 2 aromatic carbocycles. The fourth-order valence-electron chi connectivity index (χ4n) is 6.06. The Morgan fingerprint density at radius 3 is 2.36 bits per heavy atom. The number of fused-ring (bicyclic) bond motifs is 2. The van der Waals surface area contributed by atoms with Crippen LogP contribution in [-0.4, -0.2) is 46.5 Å². The van der Waals surface area contributed by atoms with Crippen molar-refractivity contribution in [2.24, 2.45) is 11.8 Å². The van der Waals surface area contributed by atoms with Gasteiger partial charge in [0.15, 0.2) is 21.5 Å². The van der Waals surface area contributed by atoms with Crippen molar-refractivity contribution in [1.29, 1.82) is 0 Å². The minimum absolute atomic E-state index is 0.00622. The fourth-order valence-corrected chi connectivity index (χ4v) is 8.47. The Hall–Kier alpha value is -2.92. The zero-order valence-electron chi connectivity index (χ0n) is 20.7. The van der Waals surface area contributed by atoms with Crippen LogP contribution in [-0.2, 0) is 16.3 Å². The summed E-state index contributed by atoms with van der Waals surface area (Å²) in [6.07, 6.45) is 3.85. The molecule has 0 aliphatic heterocycles. The molecule has 2 saturated carbocycles. The van der Waals surface area contributed by atoms with Crippen LogP contribution in [0.3, 0.4) is 0 Å². The van der Waals surface area contributed by atoms with Gasteiger partial charge < -0.3 is 15.5 Å². The second-order valence-electron chi connectivity index (χ2n) is 10.3. The molecule has 3 aromatic rings. The fraction of sp³-hybridized carbons (Fsp3) is 0.357. The quantitative estimate of drug-likeness (QED) is 0.380. The van der Waals surface area contributed by atoms with Gasteiger partial charge in [-0.2, -0.15) is 0 Å². The zero-order chi connectivity index (χ0) is 27.9. The minimum atomic E-state index is -4.02. The predicted octanol–water partition coefficient (Wildman–Crippen LogP) is 4.56. The lowest BCUT2D eigenvalue weighted by molar-refractivity contribution is -0.141. The van der Waals surface area contributed by atoms with Gasteiger partial charge in [-0.15, -0.1) is 0 Å². The minimum Gasteiger partial charge on any atom is -0.390 e. The standard InChI is InChI=1S/C28H27ClF2N2O5S/c29-22-5-1-17(27(35)33-20-4-6-23(30)24(31)15-20)12-25(22)39(37,38)21-13-18-2-3-19(14-21)28(18,36)26(34)11-16-7-9-32-10-8-16/h1,4-10,12,15,18-19,21,26,34,36H,2-3,11,13-14H2,(H,33,35)/t18-,19?,21?,26?,28?/m0/s1. The third-order valence-corrected chi connectivity index (χ3v) is 10.7. The molecule has 11 heteroatoms. The van der Waals surface area contributed by atoms with Crippen LogP contribution in [0, 0.1) is 23.5 Å². The summed E-state index contributed by atoms with van der Waals surface area (Å²) in [7, 11) is -4.02. The number of aliphatic hydroxyl groups is 2. The van der Waals surface area contributed by atoms with Crippen LogP contribution < -0.4 is 5.32 Å². The molecule has 1 aromatic heterocycles. The Labute approximate surface area is 229 Å². The number of amides is 1. The molecular weight excluding hydrogens is 550 g/mol. The zero-order valence-corrected chi connectivity index (χ0v) is 22.3. The number of anilines is 1. The Kier molecular flexibility index (Phi) is 7.49. The largest absolute Gasteiger partial charge is 0.390 e. The Bertz CT molecular complexity index is 1490. The predicted molar refractivity (Wildman–Crippen MR) is 141 cm³/mol. The highest BCUT2D eigenvalue weighted by molar-refractivity contribution is 7.92. The van der Waals surface area contributed by atoms with Crippen LogP contribution in [0.25, 0.3) is 0 Å². The third-order valence-electron chi connectivity index (χ3n) is 8.09. The molecule has 5 rings (SSSR count). The maximum absolute atomic E-state index is 13.8. The molecule has 5 atom stereocenters. The van der Waals surface area contributed by atoms with Crippen LogP contribution in [0.2, 0.25) is 5.02 Å². The summed E-state index contributed by atoms with van der Waals surface area (Å²) in [5.74, 6) is -3.76. The van der Waals surface area contributed by atoms with Gasteiger partial charge in [0.05, 0.1) is 26.9 Å². The van der Waals surface area contributed by atoms with E-state index in [1.54, 1.807) is 24.5 Å². The highest BCUT2D eigenvalue weighted by Crippen LogP contribution is 2.54. The molecule has 206 valence electrons. The molecule has 2 bridgehead atoms. The van der Waals surface area contributed by atoms with E-state index in [1.807, 2.05) is 0 Å². The topological polar surface area (TPSA) is 117 Å². The molecule has 7 nitrogen and oxygen atoms in total. The Morgan fingerprint density at radius 1 is 1.05 bits per heavy atom. The summed E-state index contributed by atoms with van der Waals surface area (Å²) >= 11 is 6.29. The number of nitrogens with one attached hydrogen (secondary N) is 1. The van der Waals surface area contributed by atoms with Gasteiger partial charge in [0.25, 0.3) is 5.91 Å². The first-order valence-corrected chi connectivity index (χ1v) is 14.5. The first-order valence-electron chi connectivity index (χ1n) is 12.6. The number of hydrogen-bond donors (Lipinski definition) is 3. The van der Waals surface area contributed by atoms with Gasteiger partial charge >= 0.3 is 0 Å². The summed E-state index contributed by atoms with van der Waals surface area (Å²) < 4.78 is 54.3. The van der Waals surface area contributed by atoms with Crippen LogP contribution in [0.4, 0.5) is 14.5 Å². The molecule has 2 fully saturated rings. The number of aromatic nitrogens is 1. The van der Waals surface area contributed by atoms with E-state index < -0.39 is 56.2 Å². The first kappa shape index (κ1) is 27.6. The normalized spacial score (nSPS) is 25.3. The highest BCUT2D eigenvalue weighted by atomic mass is 35.5. The number of carbonyl (C=O) groups is 1. The number of sulfone groups is 1. The number of pyridine rings is 1. The average Bonchev–Trinajstić information content (AvgIpc) is 3.07. The van der Waals surface area contributed by atoms with E-state index >= 15 is 0 Å². The van der Waals surface area contributed by atoms with Crippen molar-refractivity contribution in [3.63, 3.8) is 0 Å². The average molecular weight is 577 g/mol. The Morgan fingerprint density at radius 2 is 1.72 bits per heavy atom. The van der Waals surface area contributed by atoms with Crippen molar-refractivity contribution < 1.29 is 32.2 Å². The number of carbonyl (C=O) groups excluding carboxylic acids is 1. The summed E-state index contributed by atoms with van der Waals surface area (Å²) in [6.45, 7) is 0. The molecule has 3 N–H and O–H groups in total. The van der Waals surface area contributed by atoms with Gasteiger partial charge in [-0.1, -0.05) is 11.6 Å². The second kappa shape index (κ2) is 10.6. The number of hydrogen-bond acceptors (Lipinski definition) is 6. The van der Waals surface area contributed by atoms with Crippen molar-refractivity contribution in [2.45, 2.75) is 54.0 Å². The first-order chi connectivity index (χ1) is 18.5. The van der Waals surface area contributed by atoms with E-state index in [0.717, 1.165) is 17.7 Å². The molecule has 39 heavy (non-hydrogen) atoms. The monoisotopic (exact) mass is 576 g/mol. The van der Waals surface area contributed by atoms with Crippen LogP contribution in [0.1, 0.15) is 41.6 Å². The summed E-state index contributed by atoms with van der Waals surface area (Å²) in [4.78, 5) is 16.5. The summed E-state index contributed by atoms with van der Waals surface area (Å²) in [5.41, 5.74) is -0.603. The molecule has 0 spiro atoms. The van der Waals surface area contributed by atoms with E-state index in [2.05, 4.69) is 10.3 Å². The van der Waals surface area contributed by atoms with Crippen molar-refractivity contribution in [2.75, 3.05) is 5.32 Å². The van der Waals surface area contributed by atoms with Crippen molar-refractivity contribution in [1.82, 2.24) is 4.98 Å². The lowest BCUT2D eigenvalue weighted by Crippen LogP contribution is -2.56. The molecular formula is C28H27ClF2N2O5S. The van der Waals surface area contributed by atoms with Crippen molar-refractivity contribution in [3.05, 3.63) is 88.7 Å². The van der Waals surface area contributed by atoms with Gasteiger partial charge in [0.1, 0.15) is 0 Å². The third kappa shape index (κ3) is 5.18. The van der Waals surface area contributed by atoms with Gasteiger partial charge in [-0.3, -0.25) is 9.78 Å². The smallest absolute Gasteiger partial charge is 0.255 e. The second-order valence-corrected chi connectivity index (χ2v) is 12.9. The van der Waals surface area contributed by atoms with Crippen LogP contribution >= 0.6 is 11.6 Å².